The average Bonchev–Trinajstić information content (AvgIpc) is 3.50. The molecule has 30 heavy (non-hydrogen) atoms. The topological polar surface area (TPSA) is 89.5 Å². The molecule has 0 aromatic heterocycles. The van der Waals surface area contributed by atoms with E-state index in [4.69, 9.17) is 14.2 Å². The number of ether oxygens (including phenoxy) is 3. The van der Waals surface area contributed by atoms with Gasteiger partial charge in [-0.25, -0.2) is 13.6 Å². The van der Waals surface area contributed by atoms with Gasteiger partial charge in [-0.2, -0.15) is 0 Å². The molecule has 2 aliphatic heterocycles. The molecule has 1 fully saturated rings. The maximum atomic E-state index is 13.9. The third kappa shape index (κ3) is 5.99. The zero-order chi connectivity index (χ0) is 21.5. The predicted molar refractivity (Wildman–Crippen MR) is 104 cm³/mol. The normalized spacial score (nSPS) is 21.9. The largest absolute Gasteiger partial charge is 0.491 e. The van der Waals surface area contributed by atoms with Crippen molar-refractivity contribution < 1.29 is 32.6 Å². The van der Waals surface area contributed by atoms with Crippen molar-refractivity contribution in [3.05, 3.63) is 42.2 Å². The zero-order valence-electron chi connectivity index (χ0n) is 16.3. The first-order valence-corrected chi connectivity index (χ1v) is 9.51. The summed E-state index contributed by atoms with van der Waals surface area (Å²) in [5.41, 5.74) is 0.798. The summed E-state index contributed by atoms with van der Waals surface area (Å²) in [4.78, 5) is 28.5. The van der Waals surface area contributed by atoms with Gasteiger partial charge in [0.15, 0.2) is 12.3 Å². The Bertz CT molecular complexity index is 814. The molecule has 1 saturated heterocycles. The molecule has 0 bridgehead atoms. The number of hydrogen-bond donors (Lipinski definition) is 1. The summed E-state index contributed by atoms with van der Waals surface area (Å²) in [7, 11) is 0. The highest BCUT2D eigenvalue weighted by Gasteiger charge is 2.37. The molecule has 1 N–H and O–H groups in total. The third-order valence-electron chi connectivity index (χ3n) is 4.54. The maximum Gasteiger partial charge on any atom is 0.407 e. The summed E-state index contributed by atoms with van der Waals surface area (Å²) in [6.07, 6.45) is -0.414. The SMILES string of the molecule is C=CC(=O)N1C[C@@H](F)[C@H](OC(=O)NCCOCCOc2cc(F)ccc2C2C=N2)C1. The summed E-state index contributed by atoms with van der Waals surface area (Å²) in [6, 6.07) is 4.25. The second-order valence-electron chi connectivity index (χ2n) is 6.72. The third-order valence-corrected chi connectivity index (χ3v) is 4.54. The lowest BCUT2D eigenvalue weighted by Crippen LogP contribution is -2.35. The van der Waals surface area contributed by atoms with E-state index >= 15 is 0 Å². The Morgan fingerprint density at radius 1 is 1.30 bits per heavy atom. The van der Waals surface area contributed by atoms with Crippen molar-refractivity contribution in [2.24, 2.45) is 4.99 Å². The van der Waals surface area contributed by atoms with Gasteiger partial charge in [-0.3, -0.25) is 9.79 Å². The van der Waals surface area contributed by atoms with Gasteiger partial charge in [0.05, 0.1) is 26.3 Å². The van der Waals surface area contributed by atoms with Crippen molar-refractivity contribution in [2.75, 3.05) is 39.5 Å². The number of carbonyl (C=O) groups is 2. The summed E-state index contributed by atoms with van der Waals surface area (Å²) >= 11 is 0. The van der Waals surface area contributed by atoms with E-state index < -0.39 is 30.1 Å². The lowest BCUT2D eigenvalue weighted by Gasteiger charge is -2.15. The number of aliphatic imine (C=N–C) groups is 1. The molecule has 8 nitrogen and oxygen atoms in total. The Labute approximate surface area is 172 Å². The van der Waals surface area contributed by atoms with Gasteiger partial charge in [0.2, 0.25) is 5.91 Å². The molecule has 0 saturated carbocycles. The summed E-state index contributed by atoms with van der Waals surface area (Å²) in [6.45, 7) is 3.96. The highest BCUT2D eigenvalue weighted by Crippen LogP contribution is 2.32. The first-order valence-electron chi connectivity index (χ1n) is 9.51. The molecule has 3 atom stereocenters. The van der Waals surface area contributed by atoms with Crippen molar-refractivity contribution in [3.8, 4) is 5.75 Å². The summed E-state index contributed by atoms with van der Waals surface area (Å²) < 4.78 is 43.1. The van der Waals surface area contributed by atoms with Gasteiger partial charge in [-0.1, -0.05) is 6.58 Å². The molecule has 1 unspecified atom stereocenters. The van der Waals surface area contributed by atoms with Crippen LogP contribution in [0.1, 0.15) is 11.6 Å². The van der Waals surface area contributed by atoms with E-state index in [0.29, 0.717) is 5.75 Å². The second kappa shape index (κ2) is 10.1. The van der Waals surface area contributed by atoms with E-state index in [2.05, 4.69) is 16.9 Å². The number of halogens is 2. The van der Waals surface area contributed by atoms with Crippen LogP contribution in [-0.2, 0) is 14.3 Å². The van der Waals surface area contributed by atoms with Crippen molar-refractivity contribution in [3.63, 3.8) is 0 Å². The molecular weight excluding hydrogens is 400 g/mol. The second-order valence-corrected chi connectivity index (χ2v) is 6.72. The standard InChI is InChI=1S/C20H23F2N3O5/c1-2-19(26)25-11-15(22)18(12-25)30-20(27)23-5-6-28-7-8-29-17-9-13(21)3-4-14(17)16-10-24-16/h2-4,9-10,15-16,18H,1,5-8,11-12H2,(H,23,27)/t15-,16?,18-/m1/s1. The molecule has 1 aromatic carbocycles. The van der Waals surface area contributed by atoms with Gasteiger partial charge in [-0.05, 0) is 18.2 Å². The summed E-state index contributed by atoms with van der Waals surface area (Å²) in [5.74, 6) is -0.383. The van der Waals surface area contributed by atoms with Crippen LogP contribution in [0.25, 0.3) is 0 Å². The Morgan fingerprint density at radius 3 is 2.83 bits per heavy atom. The number of likely N-dealkylation sites (tertiary alicyclic amines) is 1. The van der Waals surface area contributed by atoms with Crippen molar-refractivity contribution in [2.45, 2.75) is 18.3 Å². The van der Waals surface area contributed by atoms with Crippen LogP contribution in [0.2, 0.25) is 0 Å². The number of nitrogens with one attached hydrogen (secondary N) is 1. The van der Waals surface area contributed by atoms with Crippen LogP contribution in [0.3, 0.4) is 0 Å². The van der Waals surface area contributed by atoms with E-state index in [1.165, 1.54) is 17.0 Å². The Morgan fingerprint density at radius 2 is 2.10 bits per heavy atom. The van der Waals surface area contributed by atoms with Crippen molar-refractivity contribution in [1.82, 2.24) is 10.2 Å². The van der Waals surface area contributed by atoms with E-state index in [1.807, 2.05) is 0 Å². The van der Waals surface area contributed by atoms with Gasteiger partial charge < -0.3 is 24.4 Å². The molecule has 2 heterocycles. The quantitative estimate of drug-likeness (QED) is 0.458. The van der Waals surface area contributed by atoms with Crippen LogP contribution in [0.5, 0.6) is 5.75 Å². The number of alkyl carbamates (subject to hydrolysis) is 1. The lowest BCUT2D eigenvalue weighted by atomic mass is 10.1. The van der Waals surface area contributed by atoms with E-state index in [0.717, 1.165) is 11.6 Å². The number of benzene rings is 1. The van der Waals surface area contributed by atoms with Gasteiger partial charge in [0, 0.05) is 24.4 Å². The van der Waals surface area contributed by atoms with Crippen LogP contribution in [0, 0.1) is 5.82 Å². The molecule has 3 rings (SSSR count). The molecule has 162 valence electrons. The Balaban J connectivity index is 1.27. The Hall–Kier alpha value is -3.01. The average molecular weight is 423 g/mol. The molecular formula is C20H23F2N3O5. The fourth-order valence-corrected chi connectivity index (χ4v) is 2.95. The monoisotopic (exact) mass is 423 g/mol. The van der Waals surface area contributed by atoms with E-state index in [9.17, 15) is 18.4 Å². The van der Waals surface area contributed by atoms with Gasteiger partial charge in [0.25, 0.3) is 0 Å². The predicted octanol–water partition coefficient (Wildman–Crippen LogP) is 1.81. The fraction of sp³-hybridized carbons (Fsp3) is 0.450. The number of alkyl halides is 1. The van der Waals surface area contributed by atoms with E-state index in [-0.39, 0.29) is 45.5 Å². The van der Waals surface area contributed by atoms with E-state index in [1.54, 1.807) is 12.3 Å². The molecule has 0 radical (unpaired) electrons. The Kier molecular flexibility index (Phi) is 7.34. The van der Waals surface area contributed by atoms with Crippen molar-refractivity contribution >= 4 is 18.2 Å². The highest BCUT2D eigenvalue weighted by atomic mass is 19.1. The fourth-order valence-electron chi connectivity index (χ4n) is 2.95. The molecule has 2 amide bonds. The minimum absolute atomic E-state index is 0.0127. The number of carbonyl (C=O) groups excluding carboxylic acids is 2. The van der Waals surface area contributed by atoms with Crippen LogP contribution in [-0.4, -0.2) is 74.8 Å². The van der Waals surface area contributed by atoms with Gasteiger partial charge in [0.1, 0.15) is 24.2 Å². The molecule has 0 spiro atoms. The highest BCUT2D eigenvalue weighted by molar-refractivity contribution is 5.87. The van der Waals surface area contributed by atoms with Crippen LogP contribution < -0.4 is 10.1 Å². The molecule has 2 aliphatic rings. The number of nitrogens with zero attached hydrogens (tertiary/aromatic N) is 2. The smallest absolute Gasteiger partial charge is 0.407 e. The first kappa shape index (κ1) is 21.7. The van der Waals surface area contributed by atoms with Gasteiger partial charge >= 0.3 is 6.09 Å². The van der Waals surface area contributed by atoms with Crippen LogP contribution in [0.15, 0.2) is 35.8 Å². The lowest BCUT2D eigenvalue weighted by molar-refractivity contribution is -0.125. The number of amides is 2. The van der Waals surface area contributed by atoms with Crippen LogP contribution in [0.4, 0.5) is 13.6 Å². The maximum absolute atomic E-state index is 13.9. The first-order chi connectivity index (χ1) is 14.5. The number of hydrogen-bond acceptors (Lipinski definition) is 6. The number of rotatable bonds is 10. The van der Waals surface area contributed by atoms with Crippen molar-refractivity contribution in [1.29, 1.82) is 0 Å². The molecule has 10 heteroatoms. The van der Waals surface area contributed by atoms with Crippen LogP contribution >= 0.6 is 0 Å². The minimum Gasteiger partial charge on any atom is -0.491 e. The molecule has 0 aliphatic carbocycles. The molecule has 1 aromatic rings. The van der Waals surface area contributed by atoms with Gasteiger partial charge in [-0.15, -0.1) is 0 Å². The minimum atomic E-state index is -1.44. The summed E-state index contributed by atoms with van der Waals surface area (Å²) in [5, 5.41) is 2.45. The zero-order valence-corrected chi connectivity index (χ0v) is 16.3.